The minimum Gasteiger partial charge on any atom is -0.478 e. The van der Waals surface area contributed by atoms with Crippen LogP contribution in [-0.2, 0) is 14.8 Å². The number of carboxylic acid groups (broad SMARTS) is 2. The summed E-state index contributed by atoms with van der Waals surface area (Å²) in [5, 5.41) is 27.9. The number of aliphatic carboxylic acids is 1. The van der Waals surface area contributed by atoms with Crippen molar-refractivity contribution in [1.82, 2.24) is 0 Å². The number of nitrogens with one attached hydrogen (secondary N) is 2. The molecular weight excluding hydrogens is 675 g/mol. The second kappa shape index (κ2) is 14.0. The second-order valence-electron chi connectivity index (χ2n) is 10.8. The smallest absolute Gasteiger partial charge is 0.478 e. The molecule has 0 saturated heterocycles. The van der Waals surface area contributed by atoms with E-state index in [4.69, 9.17) is 25.8 Å². The molecule has 6 N–H and O–H groups in total. The van der Waals surface area contributed by atoms with Crippen LogP contribution in [-0.4, -0.2) is 42.6 Å². The Morgan fingerprint density at radius 1 is 0.720 bits per heavy atom. The van der Waals surface area contributed by atoms with Crippen molar-refractivity contribution in [3.05, 3.63) is 132 Å². The molecule has 6 aromatic rings. The van der Waals surface area contributed by atoms with Crippen molar-refractivity contribution in [3.8, 4) is 22.6 Å². The lowest BCUT2D eigenvalue weighted by atomic mass is 10.0. The van der Waals surface area contributed by atoms with Crippen LogP contribution in [0.5, 0.6) is 11.5 Å². The molecule has 0 spiro atoms. The molecule has 50 heavy (non-hydrogen) atoms. The molecule has 10 nitrogen and oxygen atoms in total. The Balaban J connectivity index is 0.000000630. The van der Waals surface area contributed by atoms with E-state index in [2.05, 4.69) is 4.72 Å². The summed E-state index contributed by atoms with van der Waals surface area (Å²) in [4.78, 5) is 20.7. The fourth-order valence-corrected chi connectivity index (χ4v) is 5.94. The molecule has 0 atom stereocenters. The van der Waals surface area contributed by atoms with Crippen LogP contribution >= 0.6 is 0 Å². The quantitative estimate of drug-likeness (QED) is 0.0785. The maximum atomic E-state index is 13.4. The number of sulfonamides is 1. The highest BCUT2D eigenvalue weighted by atomic mass is 32.2. The van der Waals surface area contributed by atoms with E-state index in [1.807, 2.05) is 48.5 Å². The fourth-order valence-electron chi connectivity index (χ4n) is 4.86. The Morgan fingerprint density at radius 2 is 1.36 bits per heavy atom. The zero-order chi connectivity index (χ0) is 36.2. The number of alkyl halides is 3. The van der Waals surface area contributed by atoms with Gasteiger partial charge < -0.3 is 20.7 Å². The number of aromatic carboxylic acids is 1. The molecule has 0 aliphatic carbocycles. The largest absolute Gasteiger partial charge is 0.490 e. The molecule has 0 aromatic heterocycles. The summed E-state index contributed by atoms with van der Waals surface area (Å²) in [7, 11) is -3.94. The van der Waals surface area contributed by atoms with Gasteiger partial charge in [0.15, 0.2) is 0 Å². The molecule has 0 radical (unpaired) electrons. The minimum absolute atomic E-state index is 0.0215. The van der Waals surface area contributed by atoms with Gasteiger partial charge in [0.1, 0.15) is 17.3 Å². The van der Waals surface area contributed by atoms with Gasteiger partial charge in [-0.2, -0.15) is 13.2 Å². The highest BCUT2D eigenvalue weighted by Gasteiger charge is 2.38. The van der Waals surface area contributed by atoms with Crippen LogP contribution in [0.1, 0.15) is 15.9 Å². The zero-order valence-corrected chi connectivity index (χ0v) is 26.4. The van der Waals surface area contributed by atoms with Gasteiger partial charge in [0.2, 0.25) is 0 Å². The van der Waals surface area contributed by atoms with Crippen LogP contribution < -0.4 is 15.2 Å². The molecular formula is C36H26F3N3O7S. The maximum Gasteiger partial charge on any atom is 0.490 e. The van der Waals surface area contributed by atoms with Crippen LogP contribution in [0.4, 0.5) is 18.9 Å². The van der Waals surface area contributed by atoms with Crippen molar-refractivity contribution in [2.24, 2.45) is 5.73 Å². The molecule has 0 amide bonds. The number of benzene rings is 6. The van der Waals surface area contributed by atoms with Crippen LogP contribution in [0, 0.1) is 5.41 Å². The van der Waals surface area contributed by atoms with Crippen molar-refractivity contribution < 1.29 is 46.1 Å². The molecule has 0 unspecified atom stereocenters. The SMILES string of the molecule is N=C(N)c1ccc2cc(Oc3ccc(NS(=O)(=O)c4ccc5ccccc5c4)cc3-c3cccc(C(=O)O)c3)ccc2c1.O=C(O)C(F)(F)F. The third-order valence-electron chi connectivity index (χ3n) is 7.28. The molecule has 6 aromatic carbocycles. The van der Waals surface area contributed by atoms with Gasteiger partial charge in [-0.25, -0.2) is 18.0 Å². The highest BCUT2D eigenvalue weighted by molar-refractivity contribution is 7.92. The Labute approximate surface area is 282 Å². The number of nitrogens with two attached hydrogens (primary N) is 1. The first-order valence-electron chi connectivity index (χ1n) is 14.5. The van der Waals surface area contributed by atoms with E-state index in [1.54, 1.807) is 60.7 Å². The first-order valence-corrected chi connectivity index (χ1v) is 15.9. The first kappa shape index (κ1) is 34.9. The maximum absolute atomic E-state index is 13.4. The zero-order valence-electron chi connectivity index (χ0n) is 25.6. The molecule has 14 heteroatoms. The van der Waals surface area contributed by atoms with Gasteiger partial charge in [-0.15, -0.1) is 0 Å². The normalized spacial score (nSPS) is 11.3. The number of carbonyl (C=O) groups is 2. The molecule has 0 saturated carbocycles. The summed E-state index contributed by atoms with van der Waals surface area (Å²) >= 11 is 0. The number of nitrogen functional groups attached to an aromatic ring is 1. The molecule has 0 aliphatic rings. The van der Waals surface area contributed by atoms with Gasteiger partial charge >= 0.3 is 18.1 Å². The molecule has 0 fully saturated rings. The summed E-state index contributed by atoms with van der Waals surface area (Å²) in [5.74, 6) is -2.95. The Hall–Kier alpha value is -6.41. The number of carboxylic acids is 2. The summed E-state index contributed by atoms with van der Waals surface area (Å²) in [6, 6.07) is 34.5. The van der Waals surface area contributed by atoms with Gasteiger partial charge in [-0.1, -0.05) is 60.7 Å². The number of halogens is 3. The minimum atomic E-state index is -5.08. The predicted molar refractivity (Wildman–Crippen MR) is 182 cm³/mol. The lowest BCUT2D eigenvalue weighted by Gasteiger charge is -2.16. The van der Waals surface area contributed by atoms with E-state index in [0.29, 0.717) is 28.2 Å². The predicted octanol–water partition coefficient (Wildman–Crippen LogP) is 7.87. The van der Waals surface area contributed by atoms with E-state index in [0.717, 1.165) is 21.5 Å². The summed E-state index contributed by atoms with van der Waals surface area (Å²) in [6.07, 6.45) is -5.08. The van der Waals surface area contributed by atoms with E-state index in [-0.39, 0.29) is 22.0 Å². The topological polar surface area (TPSA) is 180 Å². The van der Waals surface area contributed by atoms with Crippen molar-refractivity contribution in [3.63, 3.8) is 0 Å². The number of amidine groups is 1. The fraction of sp³-hybridized carbons (Fsp3) is 0.0278. The lowest BCUT2D eigenvalue weighted by Crippen LogP contribution is -2.21. The van der Waals surface area contributed by atoms with Crippen LogP contribution in [0.3, 0.4) is 0 Å². The average Bonchev–Trinajstić information content (AvgIpc) is 3.08. The summed E-state index contributed by atoms with van der Waals surface area (Å²) < 4.78 is 67.4. The van der Waals surface area contributed by atoms with Crippen LogP contribution in [0.15, 0.2) is 126 Å². The van der Waals surface area contributed by atoms with Gasteiger partial charge in [0, 0.05) is 16.8 Å². The van der Waals surface area contributed by atoms with Gasteiger partial charge in [0.25, 0.3) is 10.0 Å². The van der Waals surface area contributed by atoms with E-state index in [9.17, 15) is 31.5 Å². The van der Waals surface area contributed by atoms with Crippen LogP contribution in [0.25, 0.3) is 32.7 Å². The molecule has 6 rings (SSSR count). The Bertz CT molecular complexity index is 2400. The van der Waals surface area contributed by atoms with Gasteiger partial charge in [-0.3, -0.25) is 10.1 Å². The molecule has 0 heterocycles. The van der Waals surface area contributed by atoms with E-state index in [1.165, 1.54) is 12.1 Å². The van der Waals surface area contributed by atoms with Gasteiger partial charge in [-0.05, 0) is 87.8 Å². The standard InChI is InChI=1S/C34H25N3O5S.C2HF3O2/c35-33(36)26-9-8-24-18-29(13-10-23(24)16-26)42-32-15-12-28(20-31(32)25-6-3-7-27(17-25)34(38)39)37-43(40,41)30-14-11-21-4-1-2-5-22(21)19-30;3-2(4,5)1(6)7/h1-20,37H,(H3,35,36)(H,38,39);(H,6,7). The number of ether oxygens (including phenoxy) is 1. The highest BCUT2D eigenvalue weighted by Crippen LogP contribution is 2.37. The number of hydrogen-bond donors (Lipinski definition) is 5. The number of fused-ring (bicyclic) bond motifs is 2. The van der Waals surface area contributed by atoms with Crippen LogP contribution in [0.2, 0.25) is 0 Å². The van der Waals surface area contributed by atoms with E-state index < -0.39 is 28.1 Å². The monoisotopic (exact) mass is 701 g/mol. The van der Waals surface area contributed by atoms with Gasteiger partial charge in [0.05, 0.1) is 10.5 Å². The molecule has 254 valence electrons. The van der Waals surface area contributed by atoms with Crippen molar-refractivity contribution >= 4 is 55.0 Å². The number of anilines is 1. The average molecular weight is 702 g/mol. The van der Waals surface area contributed by atoms with Crippen molar-refractivity contribution in [2.45, 2.75) is 11.1 Å². The second-order valence-corrected chi connectivity index (χ2v) is 12.4. The Morgan fingerprint density at radius 3 is 2.04 bits per heavy atom. The third kappa shape index (κ3) is 8.17. The first-order chi connectivity index (χ1) is 23.6. The van der Waals surface area contributed by atoms with Crippen molar-refractivity contribution in [2.75, 3.05) is 4.72 Å². The molecule has 0 bridgehead atoms. The molecule has 0 aliphatic heterocycles. The number of hydrogen-bond acceptors (Lipinski definition) is 6. The van der Waals surface area contributed by atoms with E-state index >= 15 is 0 Å². The third-order valence-corrected chi connectivity index (χ3v) is 8.66. The Kier molecular flexibility index (Phi) is 9.76. The summed E-state index contributed by atoms with van der Waals surface area (Å²) in [6.45, 7) is 0. The number of rotatable bonds is 8. The van der Waals surface area contributed by atoms with Crippen molar-refractivity contribution in [1.29, 1.82) is 5.41 Å². The lowest BCUT2D eigenvalue weighted by molar-refractivity contribution is -0.192. The summed E-state index contributed by atoms with van der Waals surface area (Å²) in [5.41, 5.74) is 7.63.